The second-order valence-corrected chi connectivity index (χ2v) is 8.51. The molecule has 0 saturated carbocycles. The summed E-state index contributed by atoms with van der Waals surface area (Å²) in [7, 11) is -3.14. The van der Waals surface area contributed by atoms with E-state index in [1.165, 1.54) is 5.06 Å². The van der Waals surface area contributed by atoms with Crippen molar-refractivity contribution < 1.29 is 22.8 Å². The molecule has 1 unspecified atom stereocenters. The molecule has 0 spiro atoms. The zero-order valence-electron chi connectivity index (χ0n) is 13.2. The van der Waals surface area contributed by atoms with Gasteiger partial charge in [0.1, 0.15) is 0 Å². The third kappa shape index (κ3) is 4.19. The first kappa shape index (κ1) is 17.2. The molecule has 22 heavy (non-hydrogen) atoms. The van der Waals surface area contributed by atoms with Gasteiger partial charge in [0.2, 0.25) is 5.91 Å². The number of hydroxylamine groups is 2. The van der Waals surface area contributed by atoms with E-state index in [4.69, 9.17) is 4.84 Å². The number of carbonyl (C=O) groups excluding carboxylic acids is 2. The summed E-state index contributed by atoms with van der Waals surface area (Å²) in [6.45, 7) is 4.83. The lowest BCUT2D eigenvalue weighted by atomic mass is 9.96. The molecule has 126 valence electrons. The van der Waals surface area contributed by atoms with Gasteiger partial charge in [0.05, 0.1) is 30.6 Å². The molecule has 0 aliphatic carbocycles. The Hall–Kier alpha value is -1.15. The van der Waals surface area contributed by atoms with Crippen molar-refractivity contribution in [1.29, 1.82) is 0 Å². The molecule has 7 nitrogen and oxygen atoms in total. The second kappa shape index (κ2) is 6.95. The van der Waals surface area contributed by atoms with Crippen LogP contribution in [0.5, 0.6) is 0 Å². The molecule has 2 heterocycles. The van der Waals surface area contributed by atoms with Crippen LogP contribution in [0.15, 0.2) is 0 Å². The SMILES string of the molecule is CC(C)C(=O)N1CCCC(C(=O)N2CCS(=O)(=O)CCO2)C1. The van der Waals surface area contributed by atoms with Crippen molar-refractivity contribution in [1.82, 2.24) is 9.96 Å². The number of hydrogen-bond acceptors (Lipinski definition) is 5. The van der Waals surface area contributed by atoms with Crippen LogP contribution in [0.4, 0.5) is 0 Å². The van der Waals surface area contributed by atoms with E-state index in [1.807, 2.05) is 13.8 Å². The van der Waals surface area contributed by atoms with Crippen LogP contribution in [0.1, 0.15) is 26.7 Å². The zero-order chi connectivity index (χ0) is 16.3. The van der Waals surface area contributed by atoms with Gasteiger partial charge in [-0.25, -0.2) is 13.5 Å². The molecular formula is C14H24N2O5S. The van der Waals surface area contributed by atoms with Gasteiger partial charge in [0.25, 0.3) is 5.91 Å². The number of hydrogen-bond donors (Lipinski definition) is 0. The average Bonchev–Trinajstić information content (AvgIpc) is 2.66. The summed E-state index contributed by atoms with van der Waals surface area (Å²) in [6, 6.07) is 0. The summed E-state index contributed by atoms with van der Waals surface area (Å²) < 4.78 is 23.1. The number of amides is 2. The monoisotopic (exact) mass is 332 g/mol. The van der Waals surface area contributed by atoms with E-state index in [2.05, 4.69) is 0 Å². The van der Waals surface area contributed by atoms with E-state index in [-0.39, 0.29) is 48.3 Å². The Morgan fingerprint density at radius 3 is 2.59 bits per heavy atom. The maximum Gasteiger partial charge on any atom is 0.251 e. The summed E-state index contributed by atoms with van der Waals surface area (Å²) in [5.41, 5.74) is 0. The maximum atomic E-state index is 12.5. The molecule has 1 atom stereocenters. The molecule has 0 radical (unpaired) electrons. The molecule has 0 bridgehead atoms. The van der Waals surface area contributed by atoms with Crippen LogP contribution >= 0.6 is 0 Å². The Kier molecular flexibility index (Phi) is 5.44. The molecular weight excluding hydrogens is 308 g/mol. The molecule has 2 rings (SSSR count). The Bertz CT molecular complexity index is 531. The first-order valence-corrected chi connectivity index (χ1v) is 9.56. The van der Waals surface area contributed by atoms with Crippen molar-refractivity contribution in [2.75, 3.05) is 37.7 Å². The molecule has 0 aromatic heterocycles. The predicted octanol–water partition coefficient (Wildman–Crippen LogP) is 0.0696. The highest BCUT2D eigenvalue weighted by Gasteiger charge is 2.33. The van der Waals surface area contributed by atoms with Crippen molar-refractivity contribution in [2.45, 2.75) is 26.7 Å². The highest BCUT2D eigenvalue weighted by Crippen LogP contribution is 2.21. The molecule has 0 N–H and O–H groups in total. The first-order valence-electron chi connectivity index (χ1n) is 7.73. The molecule has 2 saturated heterocycles. The van der Waals surface area contributed by atoms with Gasteiger partial charge in [-0.05, 0) is 12.8 Å². The smallest absolute Gasteiger partial charge is 0.251 e. The molecule has 2 fully saturated rings. The fourth-order valence-electron chi connectivity index (χ4n) is 2.78. The maximum absolute atomic E-state index is 12.5. The van der Waals surface area contributed by atoms with Crippen LogP contribution in [0.25, 0.3) is 0 Å². The normalized spacial score (nSPS) is 25.9. The van der Waals surface area contributed by atoms with Gasteiger partial charge >= 0.3 is 0 Å². The highest BCUT2D eigenvalue weighted by atomic mass is 32.2. The Morgan fingerprint density at radius 2 is 1.91 bits per heavy atom. The fraction of sp³-hybridized carbons (Fsp3) is 0.857. The molecule has 2 amide bonds. The van der Waals surface area contributed by atoms with Crippen molar-refractivity contribution in [2.24, 2.45) is 11.8 Å². The van der Waals surface area contributed by atoms with E-state index in [1.54, 1.807) is 4.90 Å². The van der Waals surface area contributed by atoms with Crippen molar-refractivity contribution in [3.8, 4) is 0 Å². The van der Waals surface area contributed by atoms with Gasteiger partial charge in [-0.15, -0.1) is 0 Å². The number of likely N-dealkylation sites (tertiary alicyclic amines) is 1. The molecule has 8 heteroatoms. The lowest BCUT2D eigenvalue weighted by molar-refractivity contribution is -0.188. The number of carbonyl (C=O) groups is 2. The summed E-state index contributed by atoms with van der Waals surface area (Å²) >= 11 is 0. The lowest BCUT2D eigenvalue weighted by Gasteiger charge is -2.35. The number of nitrogens with zero attached hydrogens (tertiary/aromatic N) is 2. The predicted molar refractivity (Wildman–Crippen MR) is 80.5 cm³/mol. The fourth-order valence-corrected chi connectivity index (χ4v) is 3.76. The molecule has 0 aromatic carbocycles. The van der Waals surface area contributed by atoms with E-state index in [0.29, 0.717) is 19.5 Å². The lowest BCUT2D eigenvalue weighted by Crippen LogP contribution is -2.48. The van der Waals surface area contributed by atoms with Crippen LogP contribution in [-0.2, 0) is 24.3 Å². The van der Waals surface area contributed by atoms with E-state index >= 15 is 0 Å². The van der Waals surface area contributed by atoms with Gasteiger partial charge in [-0.1, -0.05) is 13.8 Å². The quantitative estimate of drug-likeness (QED) is 0.714. The molecule has 0 aromatic rings. The summed E-state index contributed by atoms with van der Waals surface area (Å²) in [4.78, 5) is 31.6. The van der Waals surface area contributed by atoms with Gasteiger partial charge in [0.15, 0.2) is 9.84 Å². The highest BCUT2D eigenvalue weighted by molar-refractivity contribution is 7.91. The Balaban J connectivity index is 1.98. The summed E-state index contributed by atoms with van der Waals surface area (Å²) in [5, 5.41) is 1.18. The minimum atomic E-state index is -3.14. The van der Waals surface area contributed by atoms with Gasteiger partial charge in [0, 0.05) is 19.0 Å². The van der Waals surface area contributed by atoms with Crippen LogP contribution < -0.4 is 0 Å². The summed E-state index contributed by atoms with van der Waals surface area (Å²) in [5.74, 6) is -0.680. The molecule has 2 aliphatic rings. The standard InChI is InChI=1S/C14H24N2O5S/c1-11(2)13(17)15-5-3-4-12(10-15)14(18)16-6-8-22(19,20)9-7-21-16/h11-12H,3-10H2,1-2H3. The molecule has 2 aliphatic heterocycles. The van der Waals surface area contributed by atoms with Crippen LogP contribution in [0.3, 0.4) is 0 Å². The van der Waals surface area contributed by atoms with Crippen LogP contribution in [-0.4, -0.2) is 67.9 Å². The third-order valence-electron chi connectivity index (χ3n) is 4.07. The minimum absolute atomic E-state index is 0.00936. The first-order chi connectivity index (χ1) is 10.3. The Morgan fingerprint density at radius 1 is 1.18 bits per heavy atom. The third-order valence-corrected chi connectivity index (χ3v) is 5.66. The van der Waals surface area contributed by atoms with Crippen molar-refractivity contribution in [3.63, 3.8) is 0 Å². The van der Waals surface area contributed by atoms with Gasteiger partial charge < -0.3 is 4.90 Å². The largest absolute Gasteiger partial charge is 0.342 e. The zero-order valence-corrected chi connectivity index (χ0v) is 14.0. The number of piperidine rings is 1. The average molecular weight is 332 g/mol. The van der Waals surface area contributed by atoms with Crippen LogP contribution in [0, 0.1) is 11.8 Å². The number of sulfone groups is 1. The second-order valence-electron chi connectivity index (χ2n) is 6.20. The summed E-state index contributed by atoms with van der Waals surface area (Å²) in [6.07, 6.45) is 1.48. The topological polar surface area (TPSA) is 84.0 Å². The Labute approximate surface area is 131 Å². The van der Waals surface area contributed by atoms with E-state index in [0.717, 1.165) is 6.42 Å². The minimum Gasteiger partial charge on any atom is -0.342 e. The van der Waals surface area contributed by atoms with Gasteiger partial charge in [-0.3, -0.25) is 14.4 Å². The van der Waals surface area contributed by atoms with E-state index in [9.17, 15) is 18.0 Å². The van der Waals surface area contributed by atoms with Gasteiger partial charge in [-0.2, -0.15) is 0 Å². The number of rotatable bonds is 2. The van der Waals surface area contributed by atoms with Crippen molar-refractivity contribution >= 4 is 21.7 Å². The van der Waals surface area contributed by atoms with Crippen molar-refractivity contribution in [3.05, 3.63) is 0 Å². The van der Waals surface area contributed by atoms with Crippen LogP contribution in [0.2, 0.25) is 0 Å². The van der Waals surface area contributed by atoms with E-state index < -0.39 is 9.84 Å².